The molecule has 0 aliphatic carbocycles. The van der Waals surface area contributed by atoms with Crippen LogP contribution < -0.4 is 4.72 Å². The van der Waals surface area contributed by atoms with Crippen LogP contribution >= 0.6 is 0 Å². The van der Waals surface area contributed by atoms with Crippen molar-refractivity contribution >= 4 is 16.0 Å². The highest BCUT2D eigenvalue weighted by molar-refractivity contribution is 7.87. The summed E-state index contributed by atoms with van der Waals surface area (Å²) in [5.74, 6) is 0.495. The van der Waals surface area contributed by atoms with Gasteiger partial charge in [-0.2, -0.15) is 17.4 Å². The molecule has 100 valence electrons. The Morgan fingerprint density at radius 1 is 1.41 bits per heavy atom. The average Bonchev–Trinajstić information content (AvgIpc) is 2.27. The number of Topliss-reactive ketones (excluding diaryl/α,β-unsaturated/α-hetero) is 1. The Hall–Kier alpha value is -0.460. The summed E-state index contributed by atoms with van der Waals surface area (Å²) in [5, 5.41) is 0. The second-order valence-electron chi connectivity index (χ2n) is 4.75. The lowest BCUT2D eigenvalue weighted by atomic mass is 10.0. The molecule has 1 heterocycles. The highest BCUT2D eigenvalue weighted by atomic mass is 32.2. The van der Waals surface area contributed by atoms with Gasteiger partial charge < -0.3 is 0 Å². The van der Waals surface area contributed by atoms with Gasteiger partial charge in [-0.25, -0.2) is 0 Å². The lowest BCUT2D eigenvalue weighted by Gasteiger charge is -2.30. The van der Waals surface area contributed by atoms with Crippen LogP contribution in [0, 0.1) is 5.92 Å². The number of nitrogens with zero attached hydrogens (tertiary/aromatic N) is 1. The topological polar surface area (TPSA) is 66.5 Å². The van der Waals surface area contributed by atoms with E-state index in [1.165, 1.54) is 4.31 Å². The quantitative estimate of drug-likeness (QED) is 0.801. The molecular weight excluding hydrogens is 240 g/mol. The van der Waals surface area contributed by atoms with Gasteiger partial charge in [-0.3, -0.25) is 4.79 Å². The minimum Gasteiger partial charge on any atom is -0.298 e. The lowest BCUT2D eigenvalue weighted by molar-refractivity contribution is -0.120. The molecule has 6 heteroatoms. The maximum atomic E-state index is 12.0. The molecule has 5 nitrogen and oxygen atoms in total. The number of rotatable bonds is 5. The van der Waals surface area contributed by atoms with Crippen molar-refractivity contribution in [2.24, 2.45) is 5.92 Å². The van der Waals surface area contributed by atoms with Crippen LogP contribution in [-0.2, 0) is 15.0 Å². The van der Waals surface area contributed by atoms with Gasteiger partial charge in [0.25, 0.3) is 10.2 Å². The van der Waals surface area contributed by atoms with Crippen molar-refractivity contribution < 1.29 is 13.2 Å². The van der Waals surface area contributed by atoms with Gasteiger partial charge in [-0.1, -0.05) is 13.8 Å². The molecule has 0 aromatic rings. The second kappa shape index (κ2) is 5.93. The molecule has 1 aliphatic rings. The number of hydrogen-bond acceptors (Lipinski definition) is 3. The van der Waals surface area contributed by atoms with Gasteiger partial charge in [-0.15, -0.1) is 0 Å². The zero-order chi connectivity index (χ0) is 13.1. The zero-order valence-corrected chi connectivity index (χ0v) is 11.6. The van der Waals surface area contributed by atoms with E-state index in [0.29, 0.717) is 25.4 Å². The van der Waals surface area contributed by atoms with Crippen LogP contribution in [0.2, 0.25) is 0 Å². The first-order valence-corrected chi connectivity index (χ1v) is 7.61. The van der Waals surface area contributed by atoms with E-state index in [2.05, 4.69) is 11.6 Å². The molecule has 1 aliphatic heterocycles. The fraction of sp³-hybridized carbons (Fsp3) is 0.909. The van der Waals surface area contributed by atoms with Crippen molar-refractivity contribution in [3.8, 4) is 0 Å². The van der Waals surface area contributed by atoms with E-state index in [1.54, 1.807) is 13.8 Å². The average molecular weight is 262 g/mol. The number of carbonyl (C=O) groups is 1. The fourth-order valence-electron chi connectivity index (χ4n) is 1.90. The summed E-state index contributed by atoms with van der Waals surface area (Å²) in [6.45, 7) is 6.54. The van der Waals surface area contributed by atoms with Crippen molar-refractivity contribution in [2.45, 2.75) is 46.1 Å². The molecule has 1 atom stereocenters. The van der Waals surface area contributed by atoms with Gasteiger partial charge in [-0.05, 0) is 25.7 Å². The van der Waals surface area contributed by atoms with Crippen LogP contribution in [0.4, 0.5) is 0 Å². The van der Waals surface area contributed by atoms with Gasteiger partial charge in [0.05, 0.1) is 6.04 Å². The minimum absolute atomic E-state index is 0.0843. The van der Waals surface area contributed by atoms with Gasteiger partial charge in [0.2, 0.25) is 0 Å². The molecule has 0 amide bonds. The Morgan fingerprint density at radius 3 is 2.41 bits per heavy atom. The van der Waals surface area contributed by atoms with E-state index in [1.807, 2.05) is 0 Å². The summed E-state index contributed by atoms with van der Waals surface area (Å²) in [5.41, 5.74) is 0. The van der Waals surface area contributed by atoms with E-state index in [4.69, 9.17) is 0 Å². The van der Waals surface area contributed by atoms with Crippen molar-refractivity contribution in [3.63, 3.8) is 0 Å². The molecule has 1 saturated heterocycles. The number of ketones is 1. The van der Waals surface area contributed by atoms with Gasteiger partial charge in [0.1, 0.15) is 5.78 Å². The largest absolute Gasteiger partial charge is 0.298 e. The highest BCUT2D eigenvalue weighted by Crippen LogP contribution is 2.18. The molecule has 1 unspecified atom stereocenters. The smallest absolute Gasteiger partial charge is 0.280 e. The molecule has 0 spiro atoms. The molecule has 0 radical (unpaired) electrons. The van der Waals surface area contributed by atoms with Crippen molar-refractivity contribution in [1.82, 2.24) is 9.03 Å². The second-order valence-corrected chi connectivity index (χ2v) is 6.45. The van der Waals surface area contributed by atoms with E-state index < -0.39 is 16.3 Å². The Kier molecular flexibility index (Phi) is 5.09. The van der Waals surface area contributed by atoms with Crippen LogP contribution in [0.25, 0.3) is 0 Å². The normalized spacial score (nSPS) is 21.4. The van der Waals surface area contributed by atoms with Gasteiger partial charge >= 0.3 is 0 Å². The maximum Gasteiger partial charge on any atom is 0.280 e. The SMILES string of the molecule is CCC(=O)C(C)NS(=O)(=O)N1CCC(C)CC1. The number of nitrogens with one attached hydrogen (secondary N) is 1. The van der Waals surface area contributed by atoms with Crippen LogP contribution in [0.5, 0.6) is 0 Å². The fourth-order valence-corrected chi connectivity index (χ4v) is 3.31. The molecule has 1 fully saturated rings. The molecule has 1 N–H and O–H groups in total. The van der Waals surface area contributed by atoms with Gasteiger partial charge in [0, 0.05) is 19.5 Å². The Labute approximate surface area is 104 Å². The van der Waals surface area contributed by atoms with E-state index >= 15 is 0 Å². The molecule has 0 aromatic carbocycles. The van der Waals surface area contributed by atoms with Crippen LogP contribution in [-0.4, -0.2) is 37.6 Å². The zero-order valence-electron chi connectivity index (χ0n) is 10.8. The van der Waals surface area contributed by atoms with E-state index in [-0.39, 0.29) is 5.78 Å². The molecular formula is C11H22N2O3S. The predicted molar refractivity (Wildman–Crippen MR) is 66.8 cm³/mol. The third-order valence-corrected chi connectivity index (χ3v) is 4.94. The van der Waals surface area contributed by atoms with E-state index in [9.17, 15) is 13.2 Å². The maximum absolute atomic E-state index is 12.0. The number of hydrogen-bond donors (Lipinski definition) is 1. The summed E-state index contributed by atoms with van der Waals surface area (Å²) in [4.78, 5) is 11.4. The Balaban J connectivity index is 2.59. The summed E-state index contributed by atoms with van der Waals surface area (Å²) < 4.78 is 27.8. The summed E-state index contributed by atoms with van der Waals surface area (Å²) in [6, 6.07) is -0.635. The van der Waals surface area contributed by atoms with Gasteiger partial charge in [0.15, 0.2) is 0 Å². The summed E-state index contributed by atoms with van der Waals surface area (Å²) in [7, 11) is -3.50. The third kappa shape index (κ3) is 4.04. The number of piperidine rings is 1. The van der Waals surface area contributed by atoms with Crippen molar-refractivity contribution in [2.75, 3.05) is 13.1 Å². The highest BCUT2D eigenvalue weighted by Gasteiger charge is 2.28. The van der Waals surface area contributed by atoms with Crippen molar-refractivity contribution in [3.05, 3.63) is 0 Å². The van der Waals surface area contributed by atoms with Crippen LogP contribution in [0.1, 0.15) is 40.0 Å². The predicted octanol–water partition coefficient (Wildman–Crippen LogP) is 0.920. The Bertz CT molecular complexity index is 359. The molecule has 0 bridgehead atoms. The first-order chi connectivity index (χ1) is 7.86. The first kappa shape index (κ1) is 14.6. The molecule has 0 aromatic heterocycles. The minimum atomic E-state index is -3.50. The van der Waals surface area contributed by atoms with Crippen molar-refractivity contribution in [1.29, 1.82) is 0 Å². The third-order valence-electron chi connectivity index (χ3n) is 3.24. The van der Waals surface area contributed by atoms with Crippen LogP contribution in [0.15, 0.2) is 0 Å². The summed E-state index contributed by atoms with van der Waals surface area (Å²) in [6.07, 6.45) is 2.12. The standard InChI is InChI=1S/C11H22N2O3S/c1-4-11(14)10(3)12-17(15,16)13-7-5-9(2)6-8-13/h9-10,12H,4-8H2,1-3H3. The van der Waals surface area contributed by atoms with Crippen LogP contribution in [0.3, 0.4) is 0 Å². The molecule has 17 heavy (non-hydrogen) atoms. The molecule has 0 saturated carbocycles. The first-order valence-electron chi connectivity index (χ1n) is 6.17. The molecule has 1 rings (SSSR count). The summed E-state index contributed by atoms with van der Waals surface area (Å²) >= 11 is 0. The monoisotopic (exact) mass is 262 g/mol. The lowest BCUT2D eigenvalue weighted by Crippen LogP contribution is -2.49. The number of carbonyl (C=O) groups excluding carboxylic acids is 1. The van der Waals surface area contributed by atoms with E-state index in [0.717, 1.165) is 12.8 Å². The Morgan fingerprint density at radius 2 is 1.94 bits per heavy atom.